The minimum absolute atomic E-state index is 0.271. The summed E-state index contributed by atoms with van der Waals surface area (Å²) in [7, 11) is 0. The Balaban J connectivity index is 1.33. The van der Waals surface area contributed by atoms with Crippen LogP contribution < -0.4 is 4.74 Å². The Labute approximate surface area is 173 Å². The van der Waals surface area contributed by atoms with Crippen molar-refractivity contribution >= 4 is 11.6 Å². The predicted molar refractivity (Wildman–Crippen MR) is 114 cm³/mol. The number of hydrogen-bond donors (Lipinski definition) is 0. The molecule has 148 valence electrons. The van der Waals surface area contributed by atoms with Crippen LogP contribution in [0.2, 0.25) is 5.02 Å². The first kappa shape index (κ1) is 18.5. The number of benzene rings is 2. The number of ether oxygens (including phenoxy) is 1. The SMILES string of the molecule is Clc1ccc2c(c1)OC1(C2)CN(CCCN2CCCCC2)Cc2ccccc21. The molecular formula is C24H29ClN2O. The Morgan fingerprint density at radius 1 is 0.929 bits per heavy atom. The number of rotatable bonds is 4. The highest BCUT2D eigenvalue weighted by atomic mass is 35.5. The van der Waals surface area contributed by atoms with E-state index in [2.05, 4.69) is 40.1 Å². The summed E-state index contributed by atoms with van der Waals surface area (Å²) in [6.45, 7) is 6.90. The third-order valence-corrected chi connectivity index (χ3v) is 6.82. The average Bonchev–Trinajstić information content (AvgIpc) is 3.06. The van der Waals surface area contributed by atoms with Gasteiger partial charge in [-0.15, -0.1) is 0 Å². The molecule has 2 aromatic carbocycles. The second-order valence-electron chi connectivity index (χ2n) is 8.65. The van der Waals surface area contributed by atoms with Gasteiger partial charge in [0.1, 0.15) is 5.75 Å². The van der Waals surface area contributed by atoms with Crippen molar-refractivity contribution in [2.75, 3.05) is 32.7 Å². The number of likely N-dealkylation sites (tertiary alicyclic amines) is 1. The number of nitrogens with zero attached hydrogens (tertiary/aromatic N) is 2. The standard InChI is InChI=1S/C24H29ClN2O/c25-21-10-9-19-16-24(28-23(19)15-21)18-27(17-20-7-2-3-8-22(20)24)14-6-13-26-11-4-1-5-12-26/h2-3,7-10,15H,1,4-6,11-14,16-18H2. The van der Waals surface area contributed by atoms with Crippen molar-refractivity contribution in [1.29, 1.82) is 0 Å². The molecule has 1 spiro atoms. The molecule has 0 N–H and O–H groups in total. The van der Waals surface area contributed by atoms with E-state index in [-0.39, 0.29) is 5.60 Å². The first-order chi connectivity index (χ1) is 13.7. The van der Waals surface area contributed by atoms with E-state index in [9.17, 15) is 0 Å². The van der Waals surface area contributed by atoms with Crippen LogP contribution in [0.5, 0.6) is 5.75 Å². The molecule has 28 heavy (non-hydrogen) atoms. The van der Waals surface area contributed by atoms with Crippen molar-refractivity contribution in [2.24, 2.45) is 0 Å². The highest BCUT2D eigenvalue weighted by molar-refractivity contribution is 6.30. The van der Waals surface area contributed by atoms with Gasteiger partial charge in [-0.05, 0) is 68.7 Å². The average molecular weight is 397 g/mol. The van der Waals surface area contributed by atoms with Crippen molar-refractivity contribution in [3.8, 4) is 5.75 Å². The lowest BCUT2D eigenvalue weighted by atomic mass is 9.82. The van der Waals surface area contributed by atoms with Gasteiger partial charge in [-0.3, -0.25) is 4.90 Å². The second-order valence-corrected chi connectivity index (χ2v) is 9.09. The Kier molecular flexibility index (Phi) is 5.08. The molecule has 0 radical (unpaired) electrons. The van der Waals surface area contributed by atoms with Crippen LogP contribution in [0.3, 0.4) is 0 Å². The van der Waals surface area contributed by atoms with Crippen LogP contribution in [0.25, 0.3) is 0 Å². The number of halogens is 1. The zero-order valence-electron chi connectivity index (χ0n) is 16.5. The molecule has 4 heteroatoms. The molecule has 5 rings (SSSR count). The van der Waals surface area contributed by atoms with E-state index in [4.69, 9.17) is 16.3 Å². The molecule has 3 aliphatic heterocycles. The van der Waals surface area contributed by atoms with Gasteiger partial charge in [-0.2, -0.15) is 0 Å². The van der Waals surface area contributed by atoms with E-state index < -0.39 is 0 Å². The van der Waals surface area contributed by atoms with Gasteiger partial charge in [0.2, 0.25) is 0 Å². The molecule has 1 fully saturated rings. The molecule has 1 saturated heterocycles. The van der Waals surface area contributed by atoms with E-state index >= 15 is 0 Å². The van der Waals surface area contributed by atoms with Gasteiger partial charge in [0, 0.05) is 30.1 Å². The summed E-state index contributed by atoms with van der Waals surface area (Å²) in [5, 5.41) is 0.748. The lowest BCUT2D eigenvalue weighted by molar-refractivity contribution is 0.0240. The molecule has 0 saturated carbocycles. The fraction of sp³-hybridized carbons (Fsp3) is 0.500. The van der Waals surface area contributed by atoms with Crippen molar-refractivity contribution in [1.82, 2.24) is 9.80 Å². The largest absolute Gasteiger partial charge is 0.481 e. The van der Waals surface area contributed by atoms with E-state index in [0.29, 0.717) is 0 Å². The summed E-state index contributed by atoms with van der Waals surface area (Å²) in [6.07, 6.45) is 6.31. The van der Waals surface area contributed by atoms with Gasteiger partial charge < -0.3 is 9.64 Å². The predicted octanol–water partition coefficient (Wildman–Crippen LogP) is 4.86. The van der Waals surface area contributed by atoms with Crippen LogP contribution in [0.15, 0.2) is 42.5 Å². The molecular weight excluding hydrogens is 368 g/mol. The van der Waals surface area contributed by atoms with Gasteiger partial charge in [-0.1, -0.05) is 48.4 Å². The van der Waals surface area contributed by atoms with Crippen LogP contribution in [0.1, 0.15) is 42.4 Å². The van der Waals surface area contributed by atoms with Crippen LogP contribution in [0, 0.1) is 0 Å². The summed E-state index contributed by atoms with van der Waals surface area (Å²) in [6, 6.07) is 14.9. The summed E-state index contributed by atoms with van der Waals surface area (Å²) in [4.78, 5) is 5.24. The van der Waals surface area contributed by atoms with Gasteiger partial charge in [0.25, 0.3) is 0 Å². The van der Waals surface area contributed by atoms with Crippen molar-refractivity contribution in [2.45, 2.75) is 44.2 Å². The first-order valence-electron chi connectivity index (χ1n) is 10.7. The molecule has 0 amide bonds. The van der Waals surface area contributed by atoms with Gasteiger partial charge in [0.15, 0.2) is 5.60 Å². The van der Waals surface area contributed by atoms with Crippen molar-refractivity contribution in [3.63, 3.8) is 0 Å². The fourth-order valence-corrected chi connectivity index (χ4v) is 5.43. The summed E-state index contributed by atoms with van der Waals surface area (Å²) >= 11 is 6.23. The number of fused-ring (bicyclic) bond motifs is 3. The topological polar surface area (TPSA) is 15.7 Å². The molecule has 1 atom stereocenters. The van der Waals surface area contributed by atoms with Gasteiger partial charge in [0.05, 0.1) is 0 Å². The number of hydrogen-bond acceptors (Lipinski definition) is 3. The van der Waals surface area contributed by atoms with Crippen LogP contribution in [-0.2, 0) is 18.6 Å². The zero-order valence-corrected chi connectivity index (χ0v) is 17.3. The maximum atomic E-state index is 6.63. The fourth-order valence-electron chi connectivity index (χ4n) is 5.27. The van der Waals surface area contributed by atoms with Crippen LogP contribution >= 0.6 is 11.6 Å². The van der Waals surface area contributed by atoms with Gasteiger partial charge in [-0.25, -0.2) is 0 Å². The maximum Gasteiger partial charge on any atom is 0.151 e. The molecule has 0 aliphatic carbocycles. The third-order valence-electron chi connectivity index (χ3n) is 6.59. The normalized spacial score (nSPS) is 24.8. The minimum Gasteiger partial charge on any atom is -0.481 e. The molecule has 0 bridgehead atoms. The van der Waals surface area contributed by atoms with Crippen LogP contribution in [-0.4, -0.2) is 42.5 Å². The van der Waals surface area contributed by atoms with E-state index in [1.165, 1.54) is 62.0 Å². The smallest absolute Gasteiger partial charge is 0.151 e. The monoisotopic (exact) mass is 396 g/mol. The van der Waals surface area contributed by atoms with E-state index in [0.717, 1.165) is 36.8 Å². The zero-order chi connectivity index (χ0) is 19.0. The Morgan fingerprint density at radius 3 is 2.64 bits per heavy atom. The Morgan fingerprint density at radius 2 is 1.75 bits per heavy atom. The highest BCUT2D eigenvalue weighted by Gasteiger charge is 2.46. The maximum absolute atomic E-state index is 6.63. The molecule has 1 unspecified atom stereocenters. The molecule has 0 aromatic heterocycles. The Hall–Kier alpha value is -1.55. The van der Waals surface area contributed by atoms with E-state index in [1.54, 1.807) is 0 Å². The molecule has 3 aliphatic rings. The summed E-state index contributed by atoms with van der Waals surface area (Å²) in [5.41, 5.74) is 3.77. The Bertz CT molecular complexity index is 848. The van der Waals surface area contributed by atoms with Crippen LogP contribution in [0.4, 0.5) is 0 Å². The van der Waals surface area contributed by atoms with Gasteiger partial charge >= 0.3 is 0 Å². The summed E-state index contributed by atoms with van der Waals surface area (Å²) < 4.78 is 6.63. The summed E-state index contributed by atoms with van der Waals surface area (Å²) in [5.74, 6) is 0.956. The number of piperidine rings is 1. The first-order valence-corrected chi connectivity index (χ1v) is 11.1. The highest BCUT2D eigenvalue weighted by Crippen LogP contribution is 2.46. The second kappa shape index (κ2) is 7.70. The lowest BCUT2D eigenvalue weighted by Gasteiger charge is -2.41. The minimum atomic E-state index is -0.271. The van der Waals surface area contributed by atoms with E-state index in [1.807, 2.05) is 12.1 Å². The van der Waals surface area contributed by atoms with Crippen molar-refractivity contribution in [3.05, 3.63) is 64.2 Å². The van der Waals surface area contributed by atoms with Crippen molar-refractivity contribution < 1.29 is 4.74 Å². The molecule has 3 nitrogen and oxygen atoms in total. The molecule has 2 aromatic rings. The quantitative estimate of drug-likeness (QED) is 0.733. The lowest BCUT2D eigenvalue weighted by Crippen LogP contribution is -2.49. The third kappa shape index (κ3) is 3.56. The molecule has 3 heterocycles.